The fraction of sp³-hybridized carbons (Fsp3) is 1.00. The molecule has 3 heteroatoms. The summed E-state index contributed by atoms with van der Waals surface area (Å²) < 4.78 is 4.39. The molecule has 0 bridgehead atoms. The Morgan fingerprint density at radius 3 is 2.27 bits per heavy atom. The number of halogens is 2. The molecule has 1 unspecified atom stereocenters. The Balaban J connectivity index is 3.76. The number of rotatable bonds is 5. The Bertz CT molecular complexity index is 98.8. The van der Waals surface area contributed by atoms with Crippen LogP contribution in [0.4, 0.5) is 0 Å². The summed E-state index contributed by atoms with van der Waals surface area (Å²) in [6.07, 6.45) is 3.12. The topological polar surface area (TPSA) is 9.23 Å². The van der Waals surface area contributed by atoms with Crippen LogP contribution in [0.15, 0.2) is 0 Å². The number of alkyl halides is 2. The van der Waals surface area contributed by atoms with Crippen molar-refractivity contribution in [1.29, 1.82) is 0 Å². The zero-order valence-electron chi connectivity index (χ0n) is 7.36. The molecule has 0 aromatic heterocycles. The highest BCUT2D eigenvalue weighted by atomic mass is 35.5. The van der Waals surface area contributed by atoms with Gasteiger partial charge in [-0.3, -0.25) is 0 Å². The zero-order chi connectivity index (χ0) is 8.91. The highest BCUT2D eigenvalue weighted by Crippen LogP contribution is 2.29. The maximum absolute atomic E-state index is 5.88. The van der Waals surface area contributed by atoms with E-state index in [1.54, 1.807) is 14.0 Å². The summed E-state index contributed by atoms with van der Waals surface area (Å²) in [7, 11) is 1.64. The van der Waals surface area contributed by atoms with E-state index in [9.17, 15) is 0 Å². The summed E-state index contributed by atoms with van der Waals surface area (Å²) in [5, 5.41) is 0. The summed E-state index contributed by atoms with van der Waals surface area (Å²) in [6.45, 7) is 3.90. The van der Waals surface area contributed by atoms with Crippen LogP contribution >= 0.6 is 23.2 Å². The van der Waals surface area contributed by atoms with Crippen LogP contribution in [0.3, 0.4) is 0 Å². The molecule has 11 heavy (non-hydrogen) atoms. The molecule has 0 radical (unpaired) electrons. The molecular weight excluding hydrogens is 183 g/mol. The van der Waals surface area contributed by atoms with Crippen molar-refractivity contribution in [3.8, 4) is 0 Å². The first-order valence-electron chi connectivity index (χ1n) is 3.93. The van der Waals surface area contributed by atoms with Crippen molar-refractivity contribution in [2.45, 2.75) is 43.5 Å². The summed E-state index contributed by atoms with van der Waals surface area (Å²) in [4.78, 5) is 0. The molecule has 1 atom stereocenters. The smallest absolute Gasteiger partial charge is 0.141 e. The Hall–Kier alpha value is 0.540. The van der Waals surface area contributed by atoms with Crippen LogP contribution in [-0.2, 0) is 4.74 Å². The molecule has 0 aromatic rings. The average Bonchev–Trinajstić information content (AvgIpc) is 1.87. The van der Waals surface area contributed by atoms with E-state index in [1.807, 2.05) is 0 Å². The van der Waals surface area contributed by atoms with Gasteiger partial charge in [-0.05, 0) is 13.3 Å². The molecule has 1 nitrogen and oxygen atoms in total. The van der Waals surface area contributed by atoms with Gasteiger partial charge in [0.25, 0.3) is 0 Å². The van der Waals surface area contributed by atoms with Crippen LogP contribution in [0.5, 0.6) is 0 Å². The highest BCUT2D eigenvalue weighted by molar-refractivity contribution is 6.48. The molecule has 0 amide bonds. The van der Waals surface area contributed by atoms with Crippen molar-refractivity contribution < 1.29 is 4.74 Å². The van der Waals surface area contributed by atoms with Crippen LogP contribution in [-0.4, -0.2) is 17.5 Å². The second kappa shape index (κ2) is 5.23. The predicted molar refractivity (Wildman–Crippen MR) is 50.4 cm³/mol. The fourth-order valence-electron chi connectivity index (χ4n) is 0.968. The summed E-state index contributed by atoms with van der Waals surface area (Å²) in [5.74, 6) is 0. The van der Waals surface area contributed by atoms with Crippen LogP contribution in [0.1, 0.15) is 33.1 Å². The van der Waals surface area contributed by atoms with Crippen molar-refractivity contribution in [2.24, 2.45) is 0 Å². The number of methoxy groups -OCH3 is 1. The Kier molecular flexibility index (Phi) is 5.49. The third kappa shape index (κ3) is 4.89. The fourth-order valence-corrected chi connectivity index (χ4v) is 1.36. The van der Waals surface area contributed by atoms with Crippen LogP contribution < -0.4 is 0 Å². The first-order chi connectivity index (χ1) is 5.02. The van der Waals surface area contributed by atoms with E-state index < -0.39 is 4.33 Å². The largest absolute Gasteiger partial charge is 0.378 e. The van der Waals surface area contributed by atoms with E-state index in [0.29, 0.717) is 0 Å². The minimum atomic E-state index is -0.760. The molecule has 0 heterocycles. The van der Waals surface area contributed by atoms with Gasteiger partial charge >= 0.3 is 0 Å². The lowest BCUT2D eigenvalue weighted by Gasteiger charge is -2.24. The maximum Gasteiger partial charge on any atom is 0.141 e. The average molecular weight is 199 g/mol. The lowest BCUT2D eigenvalue weighted by molar-refractivity contribution is 0.0834. The second-order valence-electron chi connectivity index (χ2n) is 2.82. The molecule has 0 aliphatic carbocycles. The Labute approximate surface area is 79.0 Å². The third-order valence-electron chi connectivity index (χ3n) is 1.67. The monoisotopic (exact) mass is 198 g/mol. The number of hydrogen-bond acceptors (Lipinski definition) is 1. The van der Waals surface area contributed by atoms with Gasteiger partial charge in [0, 0.05) is 7.11 Å². The quantitative estimate of drug-likeness (QED) is 0.616. The van der Waals surface area contributed by atoms with E-state index in [2.05, 4.69) is 6.92 Å². The predicted octanol–water partition coefficient (Wildman–Crippen LogP) is 3.39. The van der Waals surface area contributed by atoms with Gasteiger partial charge in [0.05, 0.1) is 6.10 Å². The van der Waals surface area contributed by atoms with Gasteiger partial charge in [-0.2, -0.15) is 0 Å². The molecule has 68 valence electrons. The standard InChI is InChI=1S/C8H16Cl2O/c1-4-5-6-7(11-3)8(2,9)10/h7H,4-6H2,1-3H3. The molecule has 0 aromatic carbocycles. The van der Waals surface area contributed by atoms with E-state index in [0.717, 1.165) is 19.3 Å². The van der Waals surface area contributed by atoms with E-state index >= 15 is 0 Å². The maximum atomic E-state index is 5.88. The SMILES string of the molecule is CCCCC(OC)C(C)(Cl)Cl. The molecule has 0 aliphatic heterocycles. The molecule has 0 fully saturated rings. The van der Waals surface area contributed by atoms with Gasteiger partial charge in [0.1, 0.15) is 4.33 Å². The van der Waals surface area contributed by atoms with Gasteiger partial charge in [-0.25, -0.2) is 0 Å². The molecule has 0 rings (SSSR count). The number of hydrogen-bond donors (Lipinski definition) is 0. The minimum Gasteiger partial charge on any atom is -0.378 e. The van der Waals surface area contributed by atoms with Crippen molar-refractivity contribution >= 4 is 23.2 Å². The number of ether oxygens (including phenoxy) is 1. The van der Waals surface area contributed by atoms with Crippen molar-refractivity contribution in [3.05, 3.63) is 0 Å². The zero-order valence-corrected chi connectivity index (χ0v) is 8.87. The molecule has 0 saturated carbocycles. The lowest BCUT2D eigenvalue weighted by Crippen LogP contribution is -2.29. The third-order valence-corrected chi connectivity index (χ3v) is 2.16. The molecule has 0 aliphatic rings. The highest BCUT2D eigenvalue weighted by Gasteiger charge is 2.28. The van der Waals surface area contributed by atoms with Crippen molar-refractivity contribution in [2.75, 3.05) is 7.11 Å². The van der Waals surface area contributed by atoms with Crippen molar-refractivity contribution in [1.82, 2.24) is 0 Å². The van der Waals surface area contributed by atoms with Gasteiger partial charge in [-0.1, -0.05) is 43.0 Å². The second-order valence-corrected chi connectivity index (χ2v) is 4.59. The number of unbranched alkanes of at least 4 members (excludes halogenated alkanes) is 1. The molecular formula is C8H16Cl2O. The van der Waals surface area contributed by atoms with Crippen LogP contribution in [0, 0.1) is 0 Å². The first kappa shape index (κ1) is 11.5. The van der Waals surface area contributed by atoms with Crippen molar-refractivity contribution in [3.63, 3.8) is 0 Å². The van der Waals surface area contributed by atoms with Crippen LogP contribution in [0.2, 0.25) is 0 Å². The molecule has 0 saturated heterocycles. The lowest BCUT2D eigenvalue weighted by atomic mass is 10.1. The normalized spacial score (nSPS) is 15.0. The van der Waals surface area contributed by atoms with Gasteiger partial charge in [-0.15, -0.1) is 0 Å². The summed E-state index contributed by atoms with van der Waals surface area (Å²) in [5.41, 5.74) is 0. The van der Waals surface area contributed by atoms with Crippen LogP contribution in [0.25, 0.3) is 0 Å². The van der Waals surface area contributed by atoms with E-state index in [1.165, 1.54) is 0 Å². The summed E-state index contributed by atoms with van der Waals surface area (Å²) >= 11 is 11.8. The minimum absolute atomic E-state index is 0.0502. The van der Waals surface area contributed by atoms with E-state index in [4.69, 9.17) is 27.9 Å². The first-order valence-corrected chi connectivity index (χ1v) is 4.68. The molecule has 0 N–H and O–H groups in total. The summed E-state index contributed by atoms with van der Waals surface area (Å²) in [6, 6.07) is 0. The molecule has 0 spiro atoms. The Morgan fingerprint density at radius 2 is 2.00 bits per heavy atom. The van der Waals surface area contributed by atoms with Gasteiger partial charge in [0.15, 0.2) is 0 Å². The van der Waals surface area contributed by atoms with Gasteiger partial charge in [0.2, 0.25) is 0 Å². The Morgan fingerprint density at radius 1 is 1.45 bits per heavy atom. The van der Waals surface area contributed by atoms with Gasteiger partial charge < -0.3 is 4.74 Å². The van der Waals surface area contributed by atoms with E-state index in [-0.39, 0.29) is 6.10 Å².